The molecule has 0 aliphatic rings. The van der Waals surface area contributed by atoms with Gasteiger partial charge >= 0.3 is 11.9 Å². The van der Waals surface area contributed by atoms with E-state index >= 15 is 0 Å². The van der Waals surface area contributed by atoms with Crippen LogP contribution in [0, 0.1) is 0 Å². The highest BCUT2D eigenvalue weighted by Crippen LogP contribution is 2.34. The van der Waals surface area contributed by atoms with Crippen molar-refractivity contribution in [3.05, 3.63) is 16.0 Å². The average Bonchev–Trinajstić information content (AvgIpc) is 2.23. The minimum Gasteiger partial charge on any atom is -0.461 e. The molecule has 2 N–H and O–H groups in total. The SMILES string of the molecule is CCOC(=O)C(F)(F)c1nc(N)c(Cl)nc1Cl. The van der Waals surface area contributed by atoms with Crippen LogP contribution in [0.2, 0.25) is 10.3 Å². The molecule has 1 aromatic heterocycles. The Balaban J connectivity index is 3.23. The lowest BCUT2D eigenvalue weighted by Crippen LogP contribution is -2.30. The van der Waals surface area contributed by atoms with E-state index in [1.807, 2.05) is 0 Å². The van der Waals surface area contributed by atoms with E-state index in [0.717, 1.165) is 0 Å². The van der Waals surface area contributed by atoms with Gasteiger partial charge in [-0.25, -0.2) is 14.8 Å². The molecule has 1 rings (SSSR count). The molecule has 0 aliphatic carbocycles. The minimum atomic E-state index is -4.03. The molecule has 0 radical (unpaired) electrons. The lowest BCUT2D eigenvalue weighted by Gasteiger charge is -2.15. The molecule has 0 unspecified atom stereocenters. The number of carbonyl (C=O) groups is 1. The zero-order valence-electron chi connectivity index (χ0n) is 8.51. The summed E-state index contributed by atoms with van der Waals surface area (Å²) >= 11 is 10.9. The maximum absolute atomic E-state index is 13.5. The van der Waals surface area contributed by atoms with Gasteiger partial charge in [-0.15, -0.1) is 0 Å². The first-order valence-corrected chi connectivity index (χ1v) is 5.10. The molecule has 9 heteroatoms. The van der Waals surface area contributed by atoms with Crippen LogP contribution in [0.4, 0.5) is 14.6 Å². The first-order chi connectivity index (χ1) is 7.80. The summed E-state index contributed by atoms with van der Waals surface area (Å²) in [6, 6.07) is 0. The predicted octanol–water partition coefficient (Wildman–Crippen LogP) is 2.02. The summed E-state index contributed by atoms with van der Waals surface area (Å²) in [7, 11) is 0. The van der Waals surface area contributed by atoms with Gasteiger partial charge in [-0.2, -0.15) is 8.78 Å². The second kappa shape index (κ2) is 4.97. The lowest BCUT2D eigenvalue weighted by atomic mass is 10.2. The molecule has 0 atom stereocenters. The Hall–Kier alpha value is -1.21. The number of nitrogens with zero attached hydrogens (tertiary/aromatic N) is 2. The number of alkyl halides is 2. The van der Waals surface area contributed by atoms with Crippen LogP contribution in [0.5, 0.6) is 0 Å². The van der Waals surface area contributed by atoms with Crippen LogP contribution in [0.15, 0.2) is 0 Å². The van der Waals surface area contributed by atoms with E-state index in [9.17, 15) is 13.6 Å². The number of ether oxygens (including phenoxy) is 1. The third kappa shape index (κ3) is 2.73. The van der Waals surface area contributed by atoms with Crippen molar-refractivity contribution in [3.63, 3.8) is 0 Å². The largest absolute Gasteiger partial charge is 0.461 e. The molecule has 0 fully saturated rings. The molecule has 17 heavy (non-hydrogen) atoms. The van der Waals surface area contributed by atoms with E-state index in [1.165, 1.54) is 6.92 Å². The molecule has 94 valence electrons. The van der Waals surface area contributed by atoms with E-state index in [0.29, 0.717) is 0 Å². The summed E-state index contributed by atoms with van der Waals surface area (Å²) in [6.07, 6.45) is 0. The van der Waals surface area contributed by atoms with Crippen molar-refractivity contribution in [3.8, 4) is 0 Å². The van der Waals surface area contributed by atoms with Crippen molar-refractivity contribution in [2.24, 2.45) is 0 Å². The van der Waals surface area contributed by atoms with Gasteiger partial charge in [0.25, 0.3) is 0 Å². The highest BCUT2D eigenvalue weighted by Gasteiger charge is 2.47. The summed E-state index contributed by atoms with van der Waals surface area (Å²) in [4.78, 5) is 17.6. The second-order valence-electron chi connectivity index (χ2n) is 2.83. The van der Waals surface area contributed by atoms with E-state index in [1.54, 1.807) is 0 Å². The first-order valence-electron chi connectivity index (χ1n) is 4.34. The number of anilines is 1. The maximum atomic E-state index is 13.5. The number of nitrogen functional groups attached to an aromatic ring is 1. The molecule has 0 aliphatic heterocycles. The highest BCUT2D eigenvalue weighted by molar-refractivity contribution is 6.34. The van der Waals surface area contributed by atoms with Crippen LogP contribution < -0.4 is 5.73 Å². The quantitative estimate of drug-likeness (QED) is 0.860. The summed E-state index contributed by atoms with van der Waals surface area (Å²) in [6.45, 7) is 1.18. The number of nitrogens with two attached hydrogens (primary N) is 1. The number of esters is 1. The standard InChI is InChI=1S/C8H7Cl2F2N3O2/c1-2-17-7(16)8(11,12)3-4(9)15-5(10)6(13)14-3/h2H2,1H3,(H2,13,14). The topological polar surface area (TPSA) is 78.1 Å². The number of carbonyl (C=O) groups excluding carboxylic acids is 1. The monoisotopic (exact) mass is 285 g/mol. The fourth-order valence-electron chi connectivity index (χ4n) is 0.927. The van der Waals surface area contributed by atoms with Gasteiger partial charge in [0.2, 0.25) is 0 Å². The zero-order valence-corrected chi connectivity index (χ0v) is 10.0. The van der Waals surface area contributed by atoms with Crippen molar-refractivity contribution in [2.75, 3.05) is 12.3 Å². The number of rotatable bonds is 3. The van der Waals surface area contributed by atoms with Crippen LogP contribution in [-0.4, -0.2) is 22.5 Å². The number of hydrogen-bond donors (Lipinski definition) is 1. The van der Waals surface area contributed by atoms with Crippen LogP contribution in [-0.2, 0) is 15.5 Å². The third-order valence-corrected chi connectivity index (χ3v) is 2.21. The van der Waals surface area contributed by atoms with Crippen molar-refractivity contribution in [1.29, 1.82) is 0 Å². The average molecular weight is 286 g/mol. The summed E-state index contributed by atoms with van der Waals surface area (Å²) < 4.78 is 31.3. The van der Waals surface area contributed by atoms with Gasteiger partial charge in [0, 0.05) is 0 Å². The Kier molecular flexibility index (Phi) is 4.05. The van der Waals surface area contributed by atoms with E-state index in [4.69, 9.17) is 28.9 Å². The van der Waals surface area contributed by atoms with E-state index in [2.05, 4.69) is 14.7 Å². The summed E-state index contributed by atoms with van der Waals surface area (Å²) in [5.74, 6) is -6.26. The van der Waals surface area contributed by atoms with Gasteiger partial charge in [-0.1, -0.05) is 23.2 Å². The van der Waals surface area contributed by atoms with Crippen molar-refractivity contribution in [2.45, 2.75) is 12.8 Å². The Morgan fingerprint density at radius 2 is 2.00 bits per heavy atom. The first kappa shape index (κ1) is 13.9. The smallest absolute Gasteiger partial charge is 0.387 e. The van der Waals surface area contributed by atoms with Crippen LogP contribution in [0.25, 0.3) is 0 Å². The fourth-order valence-corrected chi connectivity index (χ4v) is 1.34. The molecule has 0 saturated carbocycles. The van der Waals surface area contributed by atoms with Crippen molar-refractivity contribution >= 4 is 35.0 Å². The molecule has 0 aromatic carbocycles. The molecule has 5 nitrogen and oxygen atoms in total. The summed E-state index contributed by atoms with van der Waals surface area (Å²) in [5, 5.41) is -1.03. The van der Waals surface area contributed by atoms with Gasteiger partial charge in [-0.05, 0) is 6.92 Å². The zero-order chi connectivity index (χ0) is 13.2. The number of hydrogen-bond acceptors (Lipinski definition) is 5. The van der Waals surface area contributed by atoms with Crippen molar-refractivity contribution < 1.29 is 18.3 Å². The third-order valence-electron chi connectivity index (χ3n) is 1.66. The summed E-state index contributed by atoms with van der Waals surface area (Å²) in [5.41, 5.74) is 4.13. The van der Waals surface area contributed by atoms with Crippen LogP contribution in [0.1, 0.15) is 12.6 Å². The Morgan fingerprint density at radius 1 is 1.41 bits per heavy atom. The van der Waals surface area contributed by atoms with Gasteiger partial charge in [0.05, 0.1) is 6.61 Å². The van der Waals surface area contributed by atoms with Gasteiger partial charge in [-0.3, -0.25) is 0 Å². The van der Waals surface area contributed by atoms with Gasteiger partial charge in [0.15, 0.2) is 21.8 Å². The van der Waals surface area contributed by atoms with E-state index < -0.39 is 28.6 Å². The van der Waals surface area contributed by atoms with Gasteiger partial charge < -0.3 is 10.5 Å². The Bertz CT molecular complexity index is 457. The Labute approximate surface area is 105 Å². The normalized spacial score (nSPS) is 11.4. The molecule has 1 aromatic rings. The number of aromatic nitrogens is 2. The molecule has 1 heterocycles. The maximum Gasteiger partial charge on any atom is 0.387 e. The molecular formula is C8H7Cl2F2N3O2. The number of halogens is 4. The molecular weight excluding hydrogens is 279 g/mol. The van der Waals surface area contributed by atoms with E-state index in [-0.39, 0.29) is 11.8 Å². The molecule has 0 spiro atoms. The molecule has 0 bridgehead atoms. The Morgan fingerprint density at radius 3 is 2.53 bits per heavy atom. The van der Waals surface area contributed by atoms with Gasteiger partial charge in [0.1, 0.15) is 0 Å². The fraction of sp³-hybridized carbons (Fsp3) is 0.375. The molecule has 0 saturated heterocycles. The van der Waals surface area contributed by atoms with Crippen LogP contribution in [0.3, 0.4) is 0 Å². The molecule has 0 amide bonds. The van der Waals surface area contributed by atoms with Crippen LogP contribution >= 0.6 is 23.2 Å². The predicted molar refractivity (Wildman–Crippen MR) is 57.0 cm³/mol. The minimum absolute atomic E-state index is 0.206. The highest BCUT2D eigenvalue weighted by atomic mass is 35.5. The lowest BCUT2D eigenvalue weighted by molar-refractivity contribution is -0.173. The van der Waals surface area contributed by atoms with Crippen molar-refractivity contribution in [1.82, 2.24) is 9.97 Å². The second-order valence-corrected chi connectivity index (χ2v) is 3.55.